The van der Waals surface area contributed by atoms with Crippen LogP contribution in [0.1, 0.15) is 16.1 Å². The summed E-state index contributed by atoms with van der Waals surface area (Å²) in [5.41, 5.74) is -0.631. The molecule has 8 N–H and O–H groups in total. The summed E-state index contributed by atoms with van der Waals surface area (Å²) in [6.45, 7) is -0.00398. The normalized spacial score (nSPS) is 25.4. The number of ether oxygens (including phenoxy) is 2. The Morgan fingerprint density at radius 3 is 2.42 bits per heavy atom. The number of rotatable bonds is 7. The molecule has 0 amide bonds. The average Bonchev–Trinajstić information content (AvgIpc) is 3.25. The van der Waals surface area contributed by atoms with Gasteiger partial charge in [-0.2, -0.15) is 0 Å². The predicted molar refractivity (Wildman–Crippen MR) is 105 cm³/mol. The molecule has 5 atom stereocenters. The number of carbonyl (C=O) groups is 2. The van der Waals surface area contributed by atoms with E-state index in [0.717, 1.165) is 6.07 Å². The van der Waals surface area contributed by atoms with E-state index in [-0.39, 0.29) is 12.2 Å². The number of aliphatic carboxylic acids is 1. The van der Waals surface area contributed by atoms with Gasteiger partial charge in [0.25, 0.3) is 0 Å². The quantitative estimate of drug-likeness (QED) is 0.215. The lowest BCUT2D eigenvalue weighted by Crippen LogP contribution is -2.60. The standard InChI is InChI=1S/C18H20N2O12S/c19-33(28,29)11-4-8(9(5-10(11)21)20-6-7-2-1-3-30-7)17(27)32-18-14(24)12(22)13(23)15(31-18)16(25)26/h1-5,12-15,18,20-24H,6H2,(H,25,26)(H2,19,28,29)/t12-,13-,14+,15-,18-/m0/s1. The molecule has 1 aromatic carbocycles. The fraction of sp³-hybridized carbons (Fsp3) is 0.333. The number of phenols is 1. The van der Waals surface area contributed by atoms with E-state index in [1.165, 1.54) is 6.26 Å². The largest absolute Gasteiger partial charge is 0.506 e. The van der Waals surface area contributed by atoms with E-state index in [9.17, 15) is 38.4 Å². The monoisotopic (exact) mass is 488 g/mol. The van der Waals surface area contributed by atoms with Crippen LogP contribution in [-0.4, -0.2) is 76.6 Å². The number of aromatic hydroxyl groups is 1. The van der Waals surface area contributed by atoms with Gasteiger partial charge in [0.15, 0.2) is 6.10 Å². The van der Waals surface area contributed by atoms with Crippen molar-refractivity contribution < 1.29 is 57.4 Å². The first kappa shape index (κ1) is 24.4. The highest BCUT2D eigenvalue weighted by Gasteiger charge is 2.48. The first-order valence-corrected chi connectivity index (χ1v) is 10.7. The van der Waals surface area contributed by atoms with Gasteiger partial charge >= 0.3 is 11.9 Å². The van der Waals surface area contributed by atoms with Gasteiger partial charge in [-0.15, -0.1) is 0 Å². The van der Waals surface area contributed by atoms with Crippen LogP contribution in [0.2, 0.25) is 0 Å². The molecule has 1 fully saturated rings. The lowest BCUT2D eigenvalue weighted by Gasteiger charge is -2.38. The Bertz CT molecular complexity index is 1130. The van der Waals surface area contributed by atoms with Crippen LogP contribution >= 0.6 is 0 Å². The number of hydrogen-bond acceptors (Lipinski definition) is 12. The number of carbonyl (C=O) groups excluding carboxylic acids is 1. The van der Waals surface area contributed by atoms with Gasteiger partial charge in [0.1, 0.15) is 34.7 Å². The Morgan fingerprint density at radius 1 is 1.15 bits per heavy atom. The zero-order chi connectivity index (χ0) is 24.5. The molecule has 2 heterocycles. The minimum atomic E-state index is -4.48. The van der Waals surface area contributed by atoms with Crippen LogP contribution < -0.4 is 10.5 Å². The van der Waals surface area contributed by atoms with Crippen LogP contribution in [0.15, 0.2) is 39.8 Å². The fourth-order valence-electron chi connectivity index (χ4n) is 3.03. The Labute approximate surface area is 185 Å². The van der Waals surface area contributed by atoms with Crippen molar-refractivity contribution in [2.75, 3.05) is 5.32 Å². The summed E-state index contributed by atoms with van der Waals surface area (Å²) in [6, 6.07) is 4.77. The minimum Gasteiger partial charge on any atom is -0.506 e. The molecule has 14 nitrogen and oxygen atoms in total. The number of sulfonamides is 1. The maximum atomic E-state index is 12.8. The molecule has 0 aliphatic carbocycles. The minimum absolute atomic E-state index is 0.00398. The molecule has 0 unspecified atom stereocenters. The molecule has 15 heteroatoms. The fourth-order valence-corrected chi connectivity index (χ4v) is 3.66. The van der Waals surface area contributed by atoms with Crippen molar-refractivity contribution in [3.63, 3.8) is 0 Å². The third-order valence-electron chi connectivity index (χ3n) is 4.69. The number of nitrogens with one attached hydrogen (secondary N) is 1. The SMILES string of the molecule is NS(=O)(=O)c1cc(C(=O)O[C@@H]2O[C@H](C(=O)O)[C@@H](O)[C@H](O)[C@H]2O)c(NCc2ccco2)cc1O. The molecular weight excluding hydrogens is 468 g/mol. The van der Waals surface area contributed by atoms with Crippen molar-refractivity contribution in [1.82, 2.24) is 0 Å². The van der Waals surface area contributed by atoms with Gasteiger partial charge in [-0.3, -0.25) is 0 Å². The molecular formula is C18H20N2O12S. The van der Waals surface area contributed by atoms with E-state index in [2.05, 4.69) is 5.32 Å². The summed E-state index contributed by atoms with van der Waals surface area (Å²) in [4.78, 5) is 23.2. The van der Waals surface area contributed by atoms with Gasteiger partial charge in [-0.25, -0.2) is 23.1 Å². The number of phenolic OH excluding ortho intramolecular Hbond substituents is 1. The maximum Gasteiger partial charge on any atom is 0.342 e. The number of carboxylic acid groups (broad SMARTS) is 1. The van der Waals surface area contributed by atoms with Gasteiger partial charge in [0.2, 0.25) is 16.3 Å². The number of furan rings is 1. The smallest absolute Gasteiger partial charge is 0.342 e. The number of aliphatic hydroxyl groups excluding tert-OH is 3. The van der Waals surface area contributed by atoms with Crippen molar-refractivity contribution in [2.24, 2.45) is 5.14 Å². The Morgan fingerprint density at radius 2 is 1.85 bits per heavy atom. The van der Waals surface area contributed by atoms with Crippen LogP contribution in [-0.2, 0) is 30.8 Å². The second-order valence-corrected chi connectivity index (χ2v) is 8.51. The summed E-state index contributed by atoms with van der Waals surface area (Å²) in [5, 5.41) is 56.6. The van der Waals surface area contributed by atoms with Gasteiger partial charge in [0, 0.05) is 6.07 Å². The van der Waals surface area contributed by atoms with E-state index in [4.69, 9.17) is 24.1 Å². The van der Waals surface area contributed by atoms with Gasteiger partial charge < -0.3 is 44.7 Å². The second-order valence-electron chi connectivity index (χ2n) is 6.98. The zero-order valence-electron chi connectivity index (χ0n) is 16.6. The second kappa shape index (κ2) is 9.34. The summed E-state index contributed by atoms with van der Waals surface area (Å²) in [7, 11) is -4.48. The summed E-state index contributed by atoms with van der Waals surface area (Å²) in [5.74, 6) is -3.40. The average molecular weight is 488 g/mol. The van der Waals surface area contributed by atoms with Gasteiger partial charge in [-0.1, -0.05) is 0 Å². The molecule has 0 spiro atoms. The summed E-state index contributed by atoms with van der Waals surface area (Å²) < 4.78 is 38.5. The first-order chi connectivity index (χ1) is 15.4. The predicted octanol–water partition coefficient (Wildman–Crippen LogP) is -1.71. The van der Waals surface area contributed by atoms with E-state index < -0.39 is 68.9 Å². The van der Waals surface area contributed by atoms with Crippen LogP contribution in [0, 0.1) is 0 Å². The summed E-state index contributed by atoms with van der Waals surface area (Å²) in [6.07, 6.45) is -8.77. The first-order valence-electron chi connectivity index (χ1n) is 9.19. The molecule has 1 aliphatic rings. The molecule has 1 aliphatic heterocycles. The lowest BCUT2D eigenvalue weighted by molar-refractivity contribution is -0.278. The number of anilines is 1. The molecule has 0 radical (unpaired) electrons. The number of primary sulfonamides is 1. The van der Waals surface area contributed by atoms with Crippen LogP contribution in [0.25, 0.3) is 0 Å². The van der Waals surface area contributed by atoms with Crippen LogP contribution in [0.3, 0.4) is 0 Å². The van der Waals surface area contributed by atoms with E-state index in [1.807, 2.05) is 0 Å². The Kier molecular flexibility index (Phi) is 6.92. The summed E-state index contributed by atoms with van der Waals surface area (Å²) >= 11 is 0. The van der Waals surface area contributed by atoms with Crippen LogP contribution in [0.5, 0.6) is 5.75 Å². The zero-order valence-corrected chi connectivity index (χ0v) is 17.4. The van der Waals surface area contributed by atoms with Gasteiger partial charge in [0.05, 0.1) is 24.1 Å². The number of hydrogen-bond donors (Lipinski definition) is 7. The van der Waals surface area contributed by atoms with Crippen LogP contribution in [0.4, 0.5) is 5.69 Å². The van der Waals surface area contributed by atoms with Crippen molar-refractivity contribution in [3.8, 4) is 5.75 Å². The van der Waals surface area contributed by atoms with Crippen molar-refractivity contribution >= 4 is 27.6 Å². The van der Waals surface area contributed by atoms with Crippen molar-refractivity contribution in [1.29, 1.82) is 0 Å². The lowest BCUT2D eigenvalue weighted by atomic mass is 9.99. The third-order valence-corrected chi connectivity index (χ3v) is 5.63. The van der Waals surface area contributed by atoms with Crippen molar-refractivity contribution in [2.45, 2.75) is 42.1 Å². The number of carboxylic acids is 1. The highest BCUT2D eigenvalue weighted by Crippen LogP contribution is 2.31. The number of nitrogens with two attached hydrogens (primary N) is 1. The molecule has 1 saturated heterocycles. The number of benzene rings is 1. The third kappa shape index (κ3) is 5.24. The molecule has 180 valence electrons. The maximum absolute atomic E-state index is 12.8. The molecule has 2 aromatic rings. The molecule has 1 aromatic heterocycles. The molecule has 0 saturated carbocycles. The highest BCUT2D eigenvalue weighted by molar-refractivity contribution is 7.89. The molecule has 33 heavy (non-hydrogen) atoms. The van der Waals surface area contributed by atoms with Crippen molar-refractivity contribution in [3.05, 3.63) is 41.9 Å². The Hall–Kier alpha value is -3.21. The van der Waals surface area contributed by atoms with E-state index in [1.54, 1.807) is 12.1 Å². The van der Waals surface area contributed by atoms with E-state index in [0.29, 0.717) is 11.8 Å². The van der Waals surface area contributed by atoms with Gasteiger partial charge in [-0.05, 0) is 18.2 Å². The topological polar surface area (TPSA) is 239 Å². The molecule has 3 rings (SSSR count). The highest BCUT2D eigenvalue weighted by atomic mass is 32.2. The number of esters is 1. The Balaban J connectivity index is 1.93. The van der Waals surface area contributed by atoms with E-state index >= 15 is 0 Å². The number of aliphatic hydroxyl groups is 3. The molecule has 0 bridgehead atoms.